The van der Waals surface area contributed by atoms with Gasteiger partial charge in [0.15, 0.2) is 0 Å². The SMILES string of the molecule is CC(=O)OCCOc1ccccc1.P. The molecule has 14 heavy (non-hydrogen) atoms. The number of benzene rings is 1. The Morgan fingerprint density at radius 1 is 1.21 bits per heavy atom. The summed E-state index contributed by atoms with van der Waals surface area (Å²) in [5, 5.41) is 0. The highest BCUT2D eigenvalue weighted by atomic mass is 31.0. The van der Waals surface area contributed by atoms with Crippen LogP contribution in [0.5, 0.6) is 5.75 Å². The molecule has 0 fully saturated rings. The molecule has 78 valence electrons. The van der Waals surface area contributed by atoms with Crippen LogP contribution >= 0.6 is 9.90 Å². The van der Waals surface area contributed by atoms with Gasteiger partial charge in [0.25, 0.3) is 0 Å². The van der Waals surface area contributed by atoms with E-state index in [1.165, 1.54) is 6.92 Å². The quantitative estimate of drug-likeness (QED) is 0.434. The summed E-state index contributed by atoms with van der Waals surface area (Å²) >= 11 is 0. The second-order valence-corrected chi connectivity index (χ2v) is 2.50. The molecule has 1 unspecified atom stereocenters. The van der Waals surface area contributed by atoms with Crippen molar-refractivity contribution in [2.24, 2.45) is 0 Å². The number of hydrogen-bond donors (Lipinski definition) is 0. The van der Waals surface area contributed by atoms with Crippen LogP contribution in [0.15, 0.2) is 30.3 Å². The first kappa shape index (κ1) is 12.9. The first-order chi connectivity index (χ1) is 6.29. The Bertz CT molecular complexity index is 261. The zero-order valence-corrected chi connectivity index (χ0v) is 9.65. The van der Waals surface area contributed by atoms with Crippen molar-refractivity contribution in [1.29, 1.82) is 0 Å². The minimum atomic E-state index is -0.281. The Labute approximate surface area is 87.0 Å². The van der Waals surface area contributed by atoms with Crippen LogP contribution in [0.3, 0.4) is 0 Å². The molecule has 0 aliphatic carbocycles. The molecule has 3 nitrogen and oxygen atoms in total. The Balaban J connectivity index is 0.00000169. The van der Waals surface area contributed by atoms with E-state index in [0.717, 1.165) is 5.75 Å². The zero-order valence-electron chi connectivity index (χ0n) is 8.23. The second-order valence-electron chi connectivity index (χ2n) is 2.50. The van der Waals surface area contributed by atoms with Gasteiger partial charge in [-0.25, -0.2) is 0 Å². The molecule has 1 atom stereocenters. The van der Waals surface area contributed by atoms with E-state index in [1.807, 2.05) is 30.3 Å². The Kier molecular flexibility index (Phi) is 6.77. The summed E-state index contributed by atoms with van der Waals surface area (Å²) in [4.78, 5) is 10.4. The van der Waals surface area contributed by atoms with E-state index < -0.39 is 0 Å². The number of rotatable bonds is 4. The highest BCUT2D eigenvalue weighted by Gasteiger charge is 1.93. The molecule has 1 aromatic carbocycles. The molecule has 0 radical (unpaired) electrons. The number of carbonyl (C=O) groups is 1. The third-order valence-electron chi connectivity index (χ3n) is 1.40. The Morgan fingerprint density at radius 3 is 2.43 bits per heavy atom. The predicted molar refractivity (Wildman–Crippen MR) is 59.7 cm³/mol. The minimum absolute atomic E-state index is 0. The van der Waals surface area contributed by atoms with Crippen molar-refractivity contribution in [3.63, 3.8) is 0 Å². The summed E-state index contributed by atoms with van der Waals surface area (Å²) in [5.41, 5.74) is 0. The summed E-state index contributed by atoms with van der Waals surface area (Å²) in [5.74, 6) is 0.506. The van der Waals surface area contributed by atoms with E-state index in [2.05, 4.69) is 0 Å². The Morgan fingerprint density at radius 2 is 1.86 bits per heavy atom. The van der Waals surface area contributed by atoms with E-state index in [1.54, 1.807) is 0 Å². The van der Waals surface area contributed by atoms with Crippen LogP contribution < -0.4 is 4.74 Å². The van der Waals surface area contributed by atoms with Gasteiger partial charge in [-0.3, -0.25) is 4.79 Å². The summed E-state index contributed by atoms with van der Waals surface area (Å²) < 4.78 is 9.98. The van der Waals surface area contributed by atoms with Crippen molar-refractivity contribution in [2.75, 3.05) is 13.2 Å². The van der Waals surface area contributed by atoms with E-state index in [-0.39, 0.29) is 15.9 Å². The average molecular weight is 214 g/mol. The fraction of sp³-hybridized carbons (Fsp3) is 0.300. The summed E-state index contributed by atoms with van der Waals surface area (Å²) in [7, 11) is 0. The van der Waals surface area contributed by atoms with Gasteiger partial charge in [-0.15, -0.1) is 0 Å². The van der Waals surface area contributed by atoms with E-state index in [0.29, 0.717) is 13.2 Å². The normalized spacial score (nSPS) is 8.64. The lowest BCUT2D eigenvalue weighted by Gasteiger charge is -2.05. The lowest BCUT2D eigenvalue weighted by atomic mass is 10.3. The number of carbonyl (C=O) groups excluding carboxylic acids is 1. The van der Waals surface area contributed by atoms with E-state index in [9.17, 15) is 4.79 Å². The van der Waals surface area contributed by atoms with E-state index >= 15 is 0 Å². The van der Waals surface area contributed by atoms with E-state index in [4.69, 9.17) is 9.47 Å². The van der Waals surface area contributed by atoms with Gasteiger partial charge in [0.1, 0.15) is 19.0 Å². The minimum Gasteiger partial charge on any atom is -0.490 e. The molecule has 0 heterocycles. The van der Waals surface area contributed by atoms with Gasteiger partial charge >= 0.3 is 5.97 Å². The Hall–Kier alpha value is -1.08. The van der Waals surface area contributed by atoms with Gasteiger partial charge in [-0.2, -0.15) is 9.90 Å². The first-order valence-corrected chi connectivity index (χ1v) is 4.10. The van der Waals surface area contributed by atoms with Crippen molar-refractivity contribution in [3.8, 4) is 5.75 Å². The second kappa shape index (κ2) is 7.34. The van der Waals surface area contributed by atoms with Crippen LogP contribution in [0.4, 0.5) is 0 Å². The fourth-order valence-electron chi connectivity index (χ4n) is 0.862. The molecule has 0 saturated heterocycles. The summed E-state index contributed by atoms with van der Waals surface area (Å²) in [6.07, 6.45) is 0. The maximum Gasteiger partial charge on any atom is 0.302 e. The van der Waals surface area contributed by atoms with Crippen molar-refractivity contribution in [2.45, 2.75) is 6.92 Å². The van der Waals surface area contributed by atoms with Crippen LogP contribution in [-0.4, -0.2) is 19.2 Å². The van der Waals surface area contributed by atoms with Crippen LogP contribution in [0.25, 0.3) is 0 Å². The smallest absolute Gasteiger partial charge is 0.302 e. The third kappa shape index (κ3) is 5.55. The van der Waals surface area contributed by atoms with Crippen molar-refractivity contribution >= 4 is 15.9 Å². The molecule has 0 amide bonds. The van der Waals surface area contributed by atoms with Gasteiger partial charge < -0.3 is 9.47 Å². The lowest BCUT2D eigenvalue weighted by Crippen LogP contribution is -2.09. The number of para-hydroxylation sites is 1. The van der Waals surface area contributed by atoms with Crippen LogP contribution in [-0.2, 0) is 9.53 Å². The molecule has 4 heteroatoms. The van der Waals surface area contributed by atoms with Crippen LogP contribution in [0.2, 0.25) is 0 Å². The van der Waals surface area contributed by atoms with Crippen molar-refractivity contribution < 1.29 is 14.3 Å². The van der Waals surface area contributed by atoms with Gasteiger partial charge in [-0.1, -0.05) is 18.2 Å². The molecule has 0 spiro atoms. The van der Waals surface area contributed by atoms with Crippen LogP contribution in [0.1, 0.15) is 6.92 Å². The lowest BCUT2D eigenvalue weighted by molar-refractivity contribution is -0.141. The van der Waals surface area contributed by atoms with Gasteiger partial charge in [0, 0.05) is 6.92 Å². The van der Waals surface area contributed by atoms with Gasteiger partial charge in [0.2, 0.25) is 0 Å². The van der Waals surface area contributed by atoms with Crippen LogP contribution in [0, 0.1) is 0 Å². The maximum atomic E-state index is 10.4. The molecular formula is C10H15O3P. The van der Waals surface area contributed by atoms with Gasteiger partial charge in [0.05, 0.1) is 0 Å². The van der Waals surface area contributed by atoms with Crippen molar-refractivity contribution in [1.82, 2.24) is 0 Å². The molecule has 0 bridgehead atoms. The molecule has 0 saturated carbocycles. The number of hydrogen-bond acceptors (Lipinski definition) is 3. The standard InChI is InChI=1S/C10H12O3.H3P/c1-9(11)12-7-8-13-10-5-3-2-4-6-10;/h2-6H,7-8H2,1H3;1H3. The zero-order chi connectivity index (χ0) is 9.52. The maximum absolute atomic E-state index is 10.4. The first-order valence-electron chi connectivity index (χ1n) is 4.10. The molecular weight excluding hydrogens is 199 g/mol. The third-order valence-corrected chi connectivity index (χ3v) is 1.40. The fourth-order valence-corrected chi connectivity index (χ4v) is 0.862. The molecule has 1 aromatic rings. The summed E-state index contributed by atoms with van der Waals surface area (Å²) in [6, 6.07) is 9.41. The molecule has 1 rings (SSSR count). The molecule has 0 N–H and O–H groups in total. The number of esters is 1. The topological polar surface area (TPSA) is 35.5 Å². The molecule has 0 aromatic heterocycles. The highest BCUT2D eigenvalue weighted by Crippen LogP contribution is 2.07. The average Bonchev–Trinajstić information content (AvgIpc) is 2.14. The number of ether oxygens (including phenoxy) is 2. The molecule has 0 aliphatic heterocycles. The largest absolute Gasteiger partial charge is 0.490 e. The monoisotopic (exact) mass is 214 g/mol. The predicted octanol–water partition coefficient (Wildman–Crippen LogP) is 1.69. The summed E-state index contributed by atoms with van der Waals surface area (Å²) in [6.45, 7) is 2.07. The highest BCUT2D eigenvalue weighted by molar-refractivity contribution is 6.92. The molecule has 0 aliphatic rings. The van der Waals surface area contributed by atoms with Gasteiger partial charge in [-0.05, 0) is 12.1 Å². The van der Waals surface area contributed by atoms with Crippen molar-refractivity contribution in [3.05, 3.63) is 30.3 Å².